The van der Waals surface area contributed by atoms with Gasteiger partial charge >= 0.3 is 0 Å². The molecule has 4 aromatic rings. The first kappa shape index (κ1) is 43.2. The number of thioether (sulfide) groups is 1. The molecule has 57 heavy (non-hydrogen) atoms. The highest BCUT2D eigenvalue weighted by atomic mass is 35.5. The van der Waals surface area contributed by atoms with E-state index in [4.69, 9.17) is 39.5 Å². The normalized spacial score (nSPS) is 14.3. The number of ether oxygens (including phenoxy) is 1. The van der Waals surface area contributed by atoms with Crippen molar-refractivity contribution in [3.05, 3.63) is 120 Å². The molecule has 298 valence electrons. The number of aldehydes is 1. The molecule has 0 saturated heterocycles. The van der Waals surface area contributed by atoms with Crippen molar-refractivity contribution in [1.82, 2.24) is 5.32 Å². The maximum Gasteiger partial charge on any atom is 0.270 e. The third kappa shape index (κ3) is 9.78. The number of hydrogen-bond donors (Lipinski definition) is 2. The van der Waals surface area contributed by atoms with Gasteiger partial charge in [-0.3, -0.25) is 29.3 Å². The molecular weight excluding hydrogens is 813 g/mol. The van der Waals surface area contributed by atoms with Crippen LogP contribution in [-0.4, -0.2) is 46.6 Å². The van der Waals surface area contributed by atoms with Gasteiger partial charge in [-0.15, -0.1) is 16.9 Å². The van der Waals surface area contributed by atoms with E-state index in [0.29, 0.717) is 17.7 Å². The smallest absolute Gasteiger partial charge is 0.270 e. The molecule has 16 heteroatoms. The zero-order chi connectivity index (χ0) is 41.8. The van der Waals surface area contributed by atoms with Crippen molar-refractivity contribution in [2.45, 2.75) is 75.4 Å². The molecule has 4 aromatic carbocycles. The lowest BCUT2D eigenvalue weighted by Crippen LogP contribution is -2.39. The first-order valence-electron chi connectivity index (χ1n) is 17.9. The predicted octanol–water partition coefficient (Wildman–Crippen LogP) is 10.0. The fourth-order valence-electron chi connectivity index (χ4n) is 5.77. The summed E-state index contributed by atoms with van der Waals surface area (Å²) in [6.45, 7) is 12.6. The van der Waals surface area contributed by atoms with Crippen molar-refractivity contribution in [3.63, 3.8) is 0 Å². The standard InChI is InChI=1S/C41H40Cl3N5O7S/c1-7-40(3,4)25-12-14-32(29(18-25)41(5,6)8-2)56-22-34(51)45-27-11-9-10-23(16-27)38(52)46-37-36(57-33-15-13-28(49(54)55)17-24(33)21-50)39(53)48(47-37)35-30(43)19-26(42)20-31(35)44/h9-21,36H,7-8,22H2,1-6H3,(H,45,51)(H,46,47,52). The van der Waals surface area contributed by atoms with Crippen molar-refractivity contribution < 1.29 is 28.8 Å². The average molecular weight is 853 g/mol. The molecule has 1 unspecified atom stereocenters. The lowest BCUT2D eigenvalue weighted by atomic mass is 9.76. The van der Waals surface area contributed by atoms with Crippen LogP contribution in [0.2, 0.25) is 15.1 Å². The molecule has 0 aromatic heterocycles. The van der Waals surface area contributed by atoms with Crippen LogP contribution in [0.1, 0.15) is 86.2 Å². The lowest BCUT2D eigenvalue weighted by Gasteiger charge is -2.30. The Kier molecular flexibility index (Phi) is 13.4. The number of anilines is 2. The molecular formula is C41H40Cl3N5O7S. The summed E-state index contributed by atoms with van der Waals surface area (Å²) < 4.78 is 6.07. The summed E-state index contributed by atoms with van der Waals surface area (Å²) in [4.78, 5) is 63.7. The number of nitro benzene ring substituents is 1. The summed E-state index contributed by atoms with van der Waals surface area (Å²) in [5.74, 6) is -1.35. The van der Waals surface area contributed by atoms with Crippen LogP contribution in [0.4, 0.5) is 17.1 Å². The number of nitrogens with one attached hydrogen (secondary N) is 2. The molecule has 12 nitrogen and oxygen atoms in total. The Morgan fingerprint density at radius 2 is 1.63 bits per heavy atom. The van der Waals surface area contributed by atoms with Crippen LogP contribution in [0.3, 0.4) is 0 Å². The highest BCUT2D eigenvalue weighted by Gasteiger charge is 2.41. The number of nitrogens with zero attached hydrogens (tertiary/aromatic N) is 3. The van der Waals surface area contributed by atoms with Gasteiger partial charge in [0.05, 0.1) is 15.0 Å². The van der Waals surface area contributed by atoms with Gasteiger partial charge in [0, 0.05) is 44.4 Å². The van der Waals surface area contributed by atoms with Crippen LogP contribution in [0.25, 0.3) is 0 Å². The number of hydrogen-bond acceptors (Lipinski definition) is 9. The first-order valence-corrected chi connectivity index (χ1v) is 19.9. The third-order valence-corrected chi connectivity index (χ3v) is 12.0. The third-order valence-electron chi connectivity index (χ3n) is 9.93. The van der Waals surface area contributed by atoms with Crippen molar-refractivity contribution in [1.29, 1.82) is 0 Å². The number of rotatable bonds is 14. The van der Waals surface area contributed by atoms with Crippen LogP contribution in [0.15, 0.2) is 82.8 Å². The lowest BCUT2D eigenvalue weighted by molar-refractivity contribution is -0.384. The molecule has 1 aliphatic rings. The Morgan fingerprint density at radius 1 is 0.947 bits per heavy atom. The van der Waals surface area contributed by atoms with E-state index < -0.39 is 27.9 Å². The largest absolute Gasteiger partial charge is 0.483 e. The van der Waals surface area contributed by atoms with Crippen LogP contribution < -0.4 is 20.4 Å². The molecule has 2 N–H and O–H groups in total. The van der Waals surface area contributed by atoms with Crippen LogP contribution >= 0.6 is 46.6 Å². The van der Waals surface area contributed by atoms with Gasteiger partial charge in [-0.1, -0.05) is 94.5 Å². The summed E-state index contributed by atoms with van der Waals surface area (Å²) in [6.07, 6.45) is 2.24. The SMILES string of the molecule is CCC(C)(C)c1ccc(OCC(=O)Nc2cccc(C(=O)NC3=NN(c4c(Cl)cc(Cl)cc4Cl)C(=O)C3Sc3ccc([N+](=O)[O-])cc3C=O)c2)c(C(C)(C)CC)c1. The molecule has 0 spiro atoms. The van der Waals surface area contributed by atoms with Gasteiger partial charge in [-0.05, 0) is 71.7 Å². The van der Waals surface area contributed by atoms with Gasteiger partial charge in [0.15, 0.2) is 24.0 Å². The molecule has 0 bridgehead atoms. The van der Waals surface area contributed by atoms with Crippen molar-refractivity contribution in [2.75, 3.05) is 16.9 Å². The number of carbonyl (C=O) groups is 4. The zero-order valence-corrected chi connectivity index (χ0v) is 35.0. The second kappa shape index (κ2) is 17.7. The number of halogens is 3. The Labute approximate surface area is 349 Å². The first-order chi connectivity index (χ1) is 26.9. The van der Waals surface area contributed by atoms with Gasteiger partial charge in [0.25, 0.3) is 23.4 Å². The van der Waals surface area contributed by atoms with E-state index in [0.717, 1.165) is 41.2 Å². The number of non-ortho nitro benzene ring substituents is 1. The van der Waals surface area contributed by atoms with E-state index >= 15 is 0 Å². The maximum absolute atomic E-state index is 13.9. The topological polar surface area (TPSA) is 160 Å². The predicted molar refractivity (Wildman–Crippen MR) is 226 cm³/mol. The minimum absolute atomic E-state index is 0.0000189. The molecule has 1 atom stereocenters. The summed E-state index contributed by atoms with van der Waals surface area (Å²) in [5.41, 5.74) is 2.00. The number of benzene rings is 4. The molecule has 0 aliphatic carbocycles. The van der Waals surface area contributed by atoms with E-state index in [-0.39, 0.29) is 65.7 Å². The molecule has 0 saturated carbocycles. The van der Waals surface area contributed by atoms with E-state index in [9.17, 15) is 29.3 Å². The molecule has 3 amide bonds. The molecule has 1 aliphatic heterocycles. The van der Waals surface area contributed by atoms with Crippen molar-refractivity contribution >= 4 is 93.5 Å². The monoisotopic (exact) mass is 851 g/mol. The number of amides is 3. The van der Waals surface area contributed by atoms with Gasteiger partial charge in [0.1, 0.15) is 11.4 Å². The summed E-state index contributed by atoms with van der Waals surface area (Å²) >= 11 is 19.8. The minimum Gasteiger partial charge on any atom is -0.483 e. The molecule has 0 fully saturated rings. The van der Waals surface area contributed by atoms with Gasteiger partial charge in [0.2, 0.25) is 0 Å². The number of carbonyl (C=O) groups excluding carboxylic acids is 4. The second-order valence-corrected chi connectivity index (χ2v) is 16.9. The highest BCUT2D eigenvalue weighted by Crippen LogP contribution is 2.42. The quantitative estimate of drug-likeness (QED) is 0.0720. The van der Waals surface area contributed by atoms with Crippen LogP contribution in [0, 0.1) is 10.1 Å². The minimum atomic E-state index is -1.26. The van der Waals surface area contributed by atoms with Gasteiger partial charge in [-0.25, -0.2) is 0 Å². The molecule has 5 rings (SSSR count). The average Bonchev–Trinajstić information content (AvgIpc) is 3.46. The van der Waals surface area contributed by atoms with Crippen molar-refractivity contribution in [3.8, 4) is 5.75 Å². The number of hydrazone groups is 1. The number of nitro groups is 1. The van der Waals surface area contributed by atoms with Crippen LogP contribution in [0.5, 0.6) is 5.75 Å². The summed E-state index contributed by atoms with van der Waals surface area (Å²) in [7, 11) is 0. The van der Waals surface area contributed by atoms with Gasteiger partial charge < -0.3 is 15.4 Å². The molecule has 0 radical (unpaired) electrons. The Hall–Kier alpha value is -4.95. The van der Waals surface area contributed by atoms with E-state index in [1.807, 2.05) is 12.1 Å². The van der Waals surface area contributed by atoms with E-state index in [1.165, 1.54) is 42.0 Å². The van der Waals surface area contributed by atoms with Crippen molar-refractivity contribution in [2.24, 2.45) is 5.10 Å². The zero-order valence-electron chi connectivity index (χ0n) is 31.9. The molecule has 1 heterocycles. The Bertz CT molecular complexity index is 2280. The van der Waals surface area contributed by atoms with E-state index in [2.05, 4.69) is 63.3 Å². The Balaban J connectivity index is 1.37. The number of amidine groups is 1. The van der Waals surface area contributed by atoms with Crippen LogP contribution in [-0.2, 0) is 20.4 Å². The fraction of sp³-hybridized carbons (Fsp3) is 0.293. The summed E-state index contributed by atoms with van der Waals surface area (Å²) in [5, 5.41) is 21.0. The van der Waals surface area contributed by atoms with Gasteiger partial charge in [-0.2, -0.15) is 5.01 Å². The summed E-state index contributed by atoms with van der Waals surface area (Å²) in [6, 6.07) is 18.6. The van der Waals surface area contributed by atoms with E-state index in [1.54, 1.807) is 12.1 Å². The Morgan fingerprint density at radius 3 is 2.26 bits per heavy atom. The fourth-order valence-corrected chi connectivity index (χ4v) is 7.81. The highest BCUT2D eigenvalue weighted by molar-refractivity contribution is 8.01. The second-order valence-electron chi connectivity index (χ2n) is 14.5. The maximum atomic E-state index is 13.9.